The fourth-order valence-electron chi connectivity index (χ4n) is 1.57. The first kappa shape index (κ1) is 15.4. The molecule has 2 aromatic rings. The Morgan fingerprint density at radius 2 is 2.00 bits per heavy atom. The fourth-order valence-corrected chi connectivity index (χ4v) is 2.39. The van der Waals surface area contributed by atoms with Crippen LogP contribution in [0.15, 0.2) is 46.5 Å². The second-order valence-electron chi connectivity index (χ2n) is 4.09. The van der Waals surface area contributed by atoms with Gasteiger partial charge in [0.25, 0.3) is 0 Å². The van der Waals surface area contributed by atoms with E-state index < -0.39 is 11.7 Å². The van der Waals surface area contributed by atoms with Crippen LogP contribution in [-0.2, 0) is 12.8 Å². The van der Waals surface area contributed by atoms with Crippen molar-refractivity contribution < 1.29 is 18.3 Å². The Bertz CT molecular complexity index is 678. The molecule has 0 aliphatic heterocycles. The van der Waals surface area contributed by atoms with Crippen molar-refractivity contribution >= 4 is 11.8 Å². The first-order valence-corrected chi connectivity index (χ1v) is 6.60. The van der Waals surface area contributed by atoms with Crippen LogP contribution < -0.4 is 0 Å². The third kappa shape index (κ3) is 3.74. The number of hydrogen-bond donors (Lipinski definition) is 1. The standard InChI is InChI=1S/C14H9F3N2OS/c15-14(16,17)11-2-4-13(19-7-11)21-12-3-1-9(8-20)5-10(12)6-18/h1-5,7,20H,8H2. The summed E-state index contributed by atoms with van der Waals surface area (Å²) in [5.41, 5.74) is 0.118. The highest BCUT2D eigenvalue weighted by atomic mass is 32.2. The van der Waals surface area contributed by atoms with E-state index in [1.54, 1.807) is 12.1 Å². The Labute approximate surface area is 123 Å². The lowest BCUT2D eigenvalue weighted by molar-refractivity contribution is -0.137. The summed E-state index contributed by atoms with van der Waals surface area (Å²) in [6, 6.07) is 9.01. The Morgan fingerprint density at radius 3 is 2.52 bits per heavy atom. The monoisotopic (exact) mass is 310 g/mol. The summed E-state index contributed by atoms with van der Waals surface area (Å²) < 4.78 is 37.3. The van der Waals surface area contributed by atoms with Gasteiger partial charge in [0.2, 0.25) is 0 Å². The molecular formula is C14H9F3N2OS. The minimum atomic E-state index is -4.42. The van der Waals surface area contributed by atoms with Crippen LogP contribution in [-0.4, -0.2) is 10.1 Å². The number of halogens is 3. The summed E-state index contributed by atoms with van der Waals surface area (Å²) >= 11 is 1.09. The van der Waals surface area contributed by atoms with Gasteiger partial charge in [-0.05, 0) is 29.8 Å². The lowest BCUT2D eigenvalue weighted by Crippen LogP contribution is -2.05. The number of aliphatic hydroxyl groups excluding tert-OH is 1. The minimum absolute atomic E-state index is 0.182. The zero-order valence-electron chi connectivity index (χ0n) is 10.6. The highest BCUT2D eigenvalue weighted by Gasteiger charge is 2.30. The van der Waals surface area contributed by atoms with Crippen molar-refractivity contribution in [2.24, 2.45) is 0 Å². The van der Waals surface area contributed by atoms with E-state index in [9.17, 15) is 13.2 Å². The lowest BCUT2D eigenvalue weighted by atomic mass is 10.1. The van der Waals surface area contributed by atoms with E-state index in [0.29, 0.717) is 21.0 Å². The number of pyridine rings is 1. The number of hydrogen-bond acceptors (Lipinski definition) is 4. The molecule has 1 aromatic carbocycles. The van der Waals surface area contributed by atoms with Crippen LogP contribution >= 0.6 is 11.8 Å². The summed E-state index contributed by atoms with van der Waals surface area (Å²) in [5.74, 6) is 0. The predicted molar refractivity (Wildman–Crippen MR) is 70.4 cm³/mol. The quantitative estimate of drug-likeness (QED) is 0.941. The predicted octanol–water partition coefficient (Wildman–Crippen LogP) is 3.62. The topological polar surface area (TPSA) is 56.9 Å². The van der Waals surface area contributed by atoms with Gasteiger partial charge in [-0.15, -0.1) is 0 Å². The molecular weight excluding hydrogens is 301 g/mol. The molecule has 0 saturated carbocycles. The molecule has 0 bridgehead atoms. The third-order valence-corrected chi connectivity index (χ3v) is 3.65. The van der Waals surface area contributed by atoms with Gasteiger partial charge >= 0.3 is 6.18 Å². The number of aromatic nitrogens is 1. The van der Waals surface area contributed by atoms with Crippen LogP contribution in [0.3, 0.4) is 0 Å². The van der Waals surface area contributed by atoms with E-state index in [-0.39, 0.29) is 6.61 Å². The molecule has 3 nitrogen and oxygen atoms in total. The van der Waals surface area contributed by atoms with Gasteiger partial charge in [-0.3, -0.25) is 0 Å². The highest BCUT2D eigenvalue weighted by molar-refractivity contribution is 7.99. The van der Waals surface area contributed by atoms with Crippen LogP contribution in [0.5, 0.6) is 0 Å². The smallest absolute Gasteiger partial charge is 0.392 e. The Kier molecular flexibility index (Phi) is 4.50. The minimum Gasteiger partial charge on any atom is -0.392 e. The van der Waals surface area contributed by atoms with Crippen LogP contribution in [0.2, 0.25) is 0 Å². The molecule has 0 amide bonds. The molecule has 2 rings (SSSR count). The summed E-state index contributed by atoms with van der Waals surface area (Å²) in [4.78, 5) is 4.31. The number of alkyl halides is 3. The Hall–Kier alpha value is -2.04. The second kappa shape index (κ2) is 6.16. The normalized spacial score (nSPS) is 11.2. The zero-order chi connectivity index (χ0) is 15.5. The second-order valence-corrected chi connectivity index (χ2v) is 5.15. The van der Waals surface area contributed by atoms with Gasteiger partial charge in [-0.25, -0.2) is 4.98 Å². The molecule has 0 spiro atoms. The van der Waals surface area contributed by atoms with Gasteiger partial charge in [0, 0.05) is 11.1 Å². The van der Waals surface area contributed by atoms with E-state index in [1.807, 2.05) is 6.07 Å². The first-order valence-electron chi connectivity index (χ1n) is 5.79. The van der Waals surface area contributed by atoms with Crippen molar-refractivity contribution in [2.75, 3.05) is 0 Å². The number of nitrogens with zero attached hydrogens (tertiary/aromatic N) is 2. The van der Waals surface area contributed by atoms with Gasteiger partial charge in [-0.2, -0.15) is 18.4 Å². The summed E-state index contributed by atoms with van der Waals surface area (Å²) in [6.45, 7) is -0.182. The van der Waals surface area contributed by atoms with Crippen LogP contribution in [0.25, 0.3) is 0 Å². The van der Waals surface area contributed by atoms with E-state index in [2.05, 4.69) is 4.98 Å². The average molecular weight is 310 g/mol. The fraction of sp³-hybridized carbons (Fsp3) is 0.143. The van der Waals surface area contributed by atoms with Crippen molar-refractivity contribution in [3.05, 3.63) is 53.2 Å². The summed E-state index contributed by atoms with van der Waals surface area (Å²) in [6.07, 6.45) is -3.66. The van der Waals surface area contributed by atoms with E-state index >= 15 is 0 Å². The molecule has 108 valence electrons. The summed E-state index contributed by atoms with van der Waals surface area (Å²) in [7, 11) is 0. The summed E-state index contributed by atoms with van der Waals surface area (Å²) in [5, 5.41) is 18.4. The molecule has 0 fully saturated rings. The molecule has 21 heavy (non-hydrogen) atoms. The van der Waals surface area contributed by atoms with Crippen LogP contribution in [0.4, 0.5) is 13.2 Å². The van der Waals surface area contributed by atoms with Gasteiger partial charge in [0.1, 0.15) is 11.1 Å². The number of rotatable bonds is 3. The molecule has 7 heteroatoms. The van der Waals surface area contributed by atoms with Crippen molar-refractivity contribution in [3.63, 3.8) is 0 Å². The third-order valence-electron chi connectivity index (χ3n) is 2.63. The SMILES string of the molecule is N#Cc1cc(CO)ccc1Sc1ccc(C(F)(F)F)cn1. The van der Waals surface area contributed by atoms with Crippen molar-refractivity contribution in [1.82, 2.24) is 4.98 Å². The van der Waals surface area contributed by atoms with E-state index in [0.717, 1.165) is 24.0 Å². The number of aliphatic hydroxyl groups is 1. The maximum atomic E-state index is 12.4. The maximum absolute atomic E-state index is 12.4. The number of benzene rings is 1. The molecule has 0 aliphatic carbocycles. The molecule has 0 aliphatic rings. The number of nitriles is 1. The molecule has 1 heterocycles. The zero-order valence-corrected chi connectivity index (χ0v) is 11.4. The largest absolute Gasteiger partial charge is 0.417 e. The Morgan fingerprint density at radius 1 is 1.24 bits per heavy atom. The average Bonchev–Trinajstić information content (AvgIpc) is 2.47. The molecule has 0 atom stereocenters. The molecule has 1 N–H and O–H groups in total. The lowest BCUT2D eigenvalue weighted by Gasteiger charge is -2.08. The molecule has 0 radical (unpaired) electrons. The first-order chi connectivity index (χ1) is 9.94. The van der Waals surface area contributed by atoms with Crippen molar-refractivity contribution in [1.29, 1.82) is 5.26 Å². The Balaban J connectivity index is 2.25. The van der Waals surface area contributed by atoms with Crippen molar-refractivity contribution in [2.45, 2.75) is 22.7 Å². The molecule has 1 aromatic heterocycles. The van der Waals surface area contributed by atoms with Crippen LogP contribution in [0.1, 0.15) is 16.7 Å². The highest BCUT2D eigenvalue weighted by Crippen LogP contribution is 2.32. The van der Waals surface area contributed by atoms with Gasteiger partial charge in [0.05, 0.1) is 17.7 Å². The van der Waals surface area contributed by atoms with Crippen LogP contribution in [0, 0.1) is 11.3 Å². The van der Waals surface area contributed by atoms with Gasteiger partial charge < -0.3 is 5.11 Å². The molecule has 0 saturated heterocycles. The van der Waals surface area contributed by atoms with Gasteiger partial charge in [0.15, 0.2) is 0 Å². The molecule has 0 unspecified atom stereocenters. The van der Waals surface area contributed by atoms with Gasteiger partial charge in [-0.1, -0.05) is 17.8 Å². The van der Waals surface area contributed by atoms with E-state index in [4.69, 9.17) is 10.4 Å². The maximum Gasteiger partial charge on any atom is 0.417 e. The van der Waals surface area contributed by atoms with Crippen molar-refractivity contribution in [3.8, 4) is 6.07 Å². The van der Waals surface area contributed by atoms with E-state index in [1.165, 1.54) is 12.1 Å².